The summed E-state index contributed by atoms with van der Waals surface area (Å²) in [6.45, 7) is 1.69. The van der Waals surface area contributed by atoms with Crippen LogP contribution < -0.4 is 10.6 Å². The summed E-state index contributed by atoms with van der Waals surface area (Å²) in [7, 11) is 0. The van der Waals surface area contributed by atoms with E-state index in [0.29, 0.717) is 28.1 Å². The van der Waals surface area contributed by atoms with E-state index in [0.717, 1.165) is 0 Å². The van der Waals surface area contributed by atoms with Crippen LogP contribution in [0.2, 0.25) is 0 Å². The molecule has 162 valence electrons. The molecule has 1 atom stereocenters. The van der Waals surface area contributed by atoms with Gasteiger partial charge in [0.15, 0.2) is 0 Å². The zero-order valence-electron chi connectivity index (χ0n) is 17.2. The molecule has 1 aromatic heterocycles. The highest BCUT2D eigenvalue weighted by Crippen LogP contribution is 2.38. The van der Waals surface area contributed by atoms with Crippen molar-refractivity contribution in [3.8, 4) is 5.69 Å². The van der Waals surface area contributed by atoms with Gasteiger partial charge in [-0.1, -0.05) is 12.1 Å². The second-order valence-electron chi connectivity index (χ2n) is 7.58. The number of carbonyl (C=O) groups excluding carboxylic acids is 2. The molecule has 0 saturated heterocycles. The number of amides is 2. The molecule has 2 aromatic carbocycles. The third-order valence-electron chi connectivity index (χ3n) is 5.52. The number of halogens is 1. The van der Waals surface area contributed by atoms with Gasteiger partial charge in [0.25, 0.3) is 0 Å². The average molecular weight is 433 g/mol. The molecule has 3 N–H and O–H groups in total. The number of rotatable bonds is 5. The molecule has 0 spiro atoms. The van der Waals surface area contributed by atoms with Gasteiger partial charge in [-0.25, -0.2) is 9.18 Å². The summed E-state index contributed by atoms with van der Waals surface area (Å²) in [5.41, 5.74) is 7.62. The molecule has 1 unspecified atom stereocenters. The van der Waals surface area contributed by atoms with Gasteiger partial charge in [0.2, 0.25) is 11.8 Å². The highest BCUT2D eigenvalue weighted by Gasteiger charge is 2.34. The molecular formula is C24H20FN3O4. The van der Waals surface area contributed by atoms with Crippen molar-refractivity contribution >= 4 is 23.5 Å². The average Bonchev–Trinajstić information content (AvgIpc) is 3.27. The lowest BCUT2D eigenvalue weighted by Gasteiger charge is -2.31. The molecule has 0 saturated carbocycles. The number of hydrogen-bond donors (Lipinski definition) is 2. The maximum absolute atomic E-state index is 13.7. The number of benzene rings is 2. The third kappa shape index (κ3) is 3.78. The molecule has 1 aliphatic rings. The van der Waals surface area contributed by atoms with Crippen LogP contribution in [0.15, 0.2) is 72.7 Å². The van der Waals surface area contributed by atoms with Crippen LogP contribution in [0.4, 0.5) is 10.1 Å². The molecule has 7 nitrogen and oxygen atoms in total. The Labute approximate surface area is 183 Å². The number of anilines is 1. The number of nitrogens with two attached hydrogens (primary N) is 1. The van der Waals surface area contributed by atoms with Crippen molar-refractivity contribution in [3.05, 3.63) is 95.2 Å². The molecule has 1 aliphatic heterocycles. The van der Waals surface area contributed by atoms with Crippen LogP contribution in [-0.2, 0) is 9.59 Å². The van der Waals surface area contributed by atoms with Crippen LogP contribution in [0.5, 0.6) is 0 Å². The Morgan fingerprint density at radius 3 is 2.44 bits per heavy atom. The SMILES string of the molecule is Cc1cc(N2C=C(C(=O)O)C(c3cccc(F)c3)CC2=O)c(-n2cccc2)cc1C(N)=O. The number of carbonyl (C=O) groups is 3. The van der Waals surface area contributed by atoms with E-state index in [4.69, 9.17) is 5.73 Å². The Morgan fingerprint density at radius 2 is 1.81 bits per heavy atom. The summed E-state index contributed by atoms with van der Waals surface area (Å²) in [6, 6.07) is 12.4. The number of aryl methyl sites for hydroxylation is 1. The summed E-state index contributed by atoms with van der Waals surface area (Å²) in [6.07, 6.45) is 4.61. The van der Waals surface area contributed by atoms with Gasteiger partial charge in [0, 0.05) is 36.5 Å². The van der Waals surface area contributed by atoms with Gasteiger partial charge >= 0.3 is 5.97 Å². The van der Waals surface area contributed by atoms with E-state index in [1.807, 2.05) is 0 Å². The van der Waals surface area contributed by atoms with Crippen molar-refractivity contribution in [2.45, 2.75) is 19.3 Å². The van der Waals surface area contributed by atoms with Crippen molar-refractivity contribution in [1.82, 2.24) is 4.57 Å². The van der Waals surface area contributed by atoms with E-state index >= 15 is 0 Å². The Bertz CT molecular complexity index is 1260. The number of aliphatic carboxylic acids is 1. The normalized spacial score (nSPS) is 16.1. The van der Waals surface area contributed by atoms with Gasteiger partial charge < -0.3 is 15.4 Å². The summed E-state index contributed by atoms with van der Waals surface area (Å²) in [5.74, 6) is -3.46. The van der Waals surface area contributed by atoms with Crippen LogP contribution in [0, 0.1) is 12.7 Å². The van der Waals surface area contributed by atoms with Crippen LogP contribution in [0.25, 0.3) is 5.69 Å². The Balaban J connectivity index is 1.88. The molecule has 32 heavy (non-hydrogen) atoms. The summed E-state index contributed by atoms with van der Waals surface area (Å²) in [4.78, 5) is 38.4. The van der Waals surface area contributed by atoms with E-state index < -0.39 is 23.6 Å². The fourth-order valence-electron chi connectivity index (χ4n) is 3.95. The van der Waals surface area contributed by atoms with Gasteiger partial charge in [0.05, 0.1) is 16.9 Å². The zero-order valence-corrected chi connectivity index (χ0v) is 17.2. The molecule has 4 rings (SSSR count). The lowest BCUT2D eigenvalue weighted by Crippen LogP contribution is -2.35. The van der Waals surface area contributed by atoms with E-state index in [2.05, 4.69) is 0 Å². The van der Waals surface area contributed by atoms with Gasteiger partial charge in [-0.2, -0.15) is 0 Å². The number of hydrogen-bond acceptors (Lipinski definition) is 3. The van der Waals surface area contributed by atoms with Crippen LogP contribution in [0.3, 0.4) is 0 Å². The quantitative estimate of drug-likeness (QED) is 0.642. The number of carboxylic acid groups (broad SMARTS) is 1. The minimum atomic E-state index is -1.20. The summed E-state index contributed by atoms with van der Waals surface area (Å²) < 4.78 is 15.5. The van der Waals surface area contributed by atoms with Gasteiger partial charge in [-0.05, 0) is 54.4 Å². The predicted octanol–water partition coefficient (Wildman–Crippen LogP) is 3.51. The zero-order chi connectivity index (χ0) is 23.0. The standard InChI is InChI=1S/C24H20FN3O4/c1-14-9-21(20(11-17(14)23(26)30)27-7-2-3-8-27)28-13-19(24(31)32)18(12-22(28)29)15-5-4-6-16(25)10-15/h2-11,13,18H,12H2,1H3,(H2,26,30)(H,31,32). The first-order valence-corrected chi connectivity index (χ1v) is 9.86. The third-order valence-corrected chi connectivity index (χ3v) is 5.52. The number of carboxylic acids is 1. The minimum absolute atomic E-state index is 0.0368. The predicted molar refractivity (Wildman–Crippen MR) is 116 cm³/mol. The second-order valence-corrected chi connectivity index (χ2v) is 7.58. The van der Waals surface area contributed by atoms with Crippen LogP contribution in [0.1, 0.15) is 33.8 Å². The molecule has 0 bridgehead atoms. The molecule has 8 heteroatoms. The van der Waals surface area contributed by atoms with Crippen molar-refractivity contribution < 1.29 is 23.9 Å². The lowest BCUT2D eigenvalue weighted by atomic mass is 9.85. The van der Waals surface area contributed by atoms with Crippen molar-refractivity contribution in [3.63, 3.8) is 0 Å². The monoisotopic (exact) mass is 433 g/mol. The molecule has 3 aromatic rings. The van der Waals surface area contributed by atoms with Gasteiger partial charge in [0.1, 0.15) is 5.82 Å². The molecule has 2 heterocycles. The minimum Gasteiger partial charge on any atom is -0.478 e. The largest absolute Gasteiger partial charge is 0.478 e. The first-order chi connectivity index (χ1) is 15.3. The number of primary amides is 1. The molecule has 0 fully saturated rings. The highest BCUT2D eigenvalue weighted by atomic mass is 19.1. The van der Waals surface area contributed by atoms with Crippen molar-refractivity contribution in [1.29, 1.82) is 0 Å². The first-order valence-electron chi connectivity index (χ1n) is 9.86. The summed E-state index contributed by atoms with van der Waals surface area (Å²) in [5, 5.41) is 9.85. The Hall–Kier alpha value is -4.20. The number of nitrogens with zero attached hydrogens (tertiary/aromatic N) is 2. The fraction of sp³-hybridized carbons (Fsp3) is 0.125. The molecular weight excluding hydrogens is 413 g/mol. The second kappa shape index (κ2) is 8.14. The highest BCUT2D eigenvalue weighted by molar-refractivity contribution is 6.04. The Kier molecular flexibility index (Phi) is 5.36. The van der Waals surface area contributed by atoms with Gasteiger partial charge in [-0.3, -0.25) is 14.5 Å². The smallest absolute Gasteiger partial charge is 0.333 e. The van der Waals surface area contributed by atoms with Crippen molar-refractivity contribution in [2.75, 3.05) is 4.90 Å². The van der Waals surface area contributed by atoms with E-state index in [9.17, 15) is 23.9 Å². The van der Waals surface area contributed by atoms with Crippen LogP contribution >= 0.6 is 0 Å². The molecule has 2 amide bonds. The Morgan fingerprint density at radius 1 is 1.09 bits per heavy atom. The fourth-order valence-corrected chi connectivity index (χ4v) is 3.95. The van der Waals surface area contributed by atoms with E-state index in [1.54, 1.807) is 54.2 Å². The van der Waals surface area contributed by atoms with Crippen LogP contribution in [-0.4, -0.2) is 27.5 Å². The molecule has 0 radical (unpaired) electrons. The maximum Gasteiger partial charge on any atom is 0.333 e. The number of aromatic nitrogens is 1. The lowest BCUT2D eigenvalue weighted by molar-refractivity contribution is -0.133. The maximum atomic E-state index is 13.7. The van der Waals surface area contributed by atoms with Crippen molar-refractivity contribution in [2.24, 2.45) is 5.73 Å². The topological polar surface area (TPSA) is 106 Å². The van der Waals surface area contributed by atoms with E-state index in [-0.39, 0.29) is 17.9 Å². The van der Waals surface area contributed by atoms with E-state index in [1.165, 1.54) is 29.3 Å². The first kappa shape index (κ1) is 21.0. The van der Waals surface area contributed by atoms with Gasteiger partial charge in [-0.15, -0.1) is 0 Å². The summed E-state index contributed by atoms with van der Waals surface area (Å²) >= 11 is 0. The molecule has 0 aliphatic carbocycles.